The average Bonchev–Trinajstić information content (AvgIpc) is 2.96. The van der Waals surface area contributed by atoms with E-state index in [1.807, 2.05) is 38.0 Å². The molecule has 0 radical (unpaired) electrons. The van der Waals surface area contributed by atoms with Gasteiger partial charge in [-0.15, -0.1) is 0 Å². The minimum atomic E-state index is -1.25. The fraction of sp³-hybridized carbons (Fsp3) is 0.400. The summed E-state index contributed by atoms with van der Waals surface area (Å²) in [6.07, 6.45) is 1.25. The zero-order chi connectivity index (χ0) is 32.8. The van der Waals surface area contributed by atoms with Crippen LogP contribution in [0.1, 0.15) is 10.4 Å². The van der Waals surface area contributed by atoms with E-state index in [1.54, 1.807) is 6.07 Å². The third kappa shape index (κ3) is 12.1. The summed E-state index contributed by atoms with van der Waals surface area (Å²) >= 11 is 0. The summed E-state index contributed by atoms with van der Waals surface area (Å²) in [6.45, 7) is 1.78. The molecule has 3 rings (SSSR count). The predicted molar refractivity (Wildman–Crippen MR) is 167 cm³/mol. The van der Waals surface area contributed by atoms with Crippen molar-refractivity contribution in [2.24, 2.45) is 4.99 Å². The van der Waals surface area contributed by atoms with Crippen molar-refractivity contribution in [2.75, 3.05) is 94.1 Å². The van der Waals surface area contributed by atoms with E-state index in [2.05, 4.69) is 66.4 Å². The maximum atomic E-state index is 12.2. The highest BCUT2D eigenvalue weighted by Crippen LogP contribution is 2.26. The number of carboxylic acids is 2. The molecule has 0 unspecified atom stereocenters. The summed E-state index contributed by atoms with van der Waals surface area (Å²) in [6, 6.07) is 4.43. The molecule has 0 atom stereocenters. The second kappa shape index (κ2) is 17.1. The van der Waals surface area contributed by atoms with Gasteiger partial charge in [-0.1, -0.05) is 0 Å². The van der Waals surface area contributed by atoms with Crippen LogP contribution < -0.4 is 26.6 Å². The van der Waals surface area contributed by atoms with Crippen LogP contribution >= 0.6 is 0 Å². The molecule has 8 N–H and O–H groups in total. The fourth-order valence-electron chi connectivity index (χ4n) is 3.39. The number of carbonyl (C=O) groups is 2. The van der Waals surface area contributed by atoms with Gasteiger partial charge in [0.1, 0.15) is 13.2 Å². The normalized spacial score (nSPS) is 11.2. The first kappa shape index (κ1) is 34.2. The van der Waals surface area contributed by atoms with Crippen LogP contribution in [0.5, 0.6) is 0 Å². The van der Waals surface area contributed by atoms with E-state index < -0.39 is 18.5 Å². The van der Waals surface area contributed by atoms with Crippen molar-refractivity contribution in [3.63, 3.8) is 0 Å². The number of benzene rings is 1. The topological polar surface area (TPSA) is 260 Å². The average molecular weight is 629 g/mol. The van der Waals surface area contributed by atoms with Gasteiger partial charge in [-0.05, 0) is 46.4 Å². The Morgan fingerprint density at radius 2 is 1.38 bits per heavy atom. The van der Waals surface area contributed by atoms with Crippen LogP contribution in [0, 0.1) is 0 Å². The van der Waals surface area contributed by atoms with Gasteiger partial charge in [0.2, 0.25) is 29.7 Å². The van der Waals surface area contributed by atoms with Gasteiger partial charge in [-0.25, -0.2) is 14.7 Å². The Balaban J connectivity index is 1.88. The van der Waals surface area contributed by atoms with E-state index >= 15 is 0 Å². The first-order valence-corrected chi connectivity index (χ1v) is 13.5. The number of aromatic nitrogens is 6. The van der Waals surface area contributed by atoms with E-state index in [-0.39, 0.29) is 53.5 Å². The van der Waals surface area contributed by atoms with Gasteiger partial charge in [0.25, 0.3) is 5.95 Å². The van der Waals surface area contributed by atoms with Crippen molar-refractivity contribution in [1.29, 1.82) is 0 Å². The van der Waals surface area contributed by atoms with Gasteiger partial charge in [-0.3, -0.25) is 10.1 Å². The molecule has 242 valence electrons. The minimum Gasteiger partial charge on any atom is -0.480 e. The Hall–Kier alpha value is -5.31. The van der Waals surface area contributed by atoms with Crippen molar-refractivity contribution >= 4 is 65.2 Å². The van der Waals surface area contributed by atoms with Crippen molar-refractivity contribution in [3.8, 4) is 0 Å². The Morgan fingerprint density at radius 1 is 0.822 bits per heavy atom. The number of nitrogens with zero attached hydrogens (tertiary/aromatic N) is 9. The summed E-state index contributed by atoms with van der Waals surface area (Å²) < 4.78 is 0. The lowest BCUT2D eigenvalue weighted by atomic mass is 10.1. The van der Waals surface area contributed by atoms with E-state index in [0.29, 0.717) is 31.9 Å². The molecular formula is C25H36N14O6. The van der Waals surface area contributed by atoms with Gasteiger partial charge in [0.15, 0.2) is 0 Å². The van der Waals surface area contributed by atoms with Gasteiger partial charge in [-0.2, -0.15) is 29.9 Å². The first-order valence-electron chi connectivity index (χ1n) is 13.5. The van der Waals surface area contributed by atoms with E-state index in [1.165, 1.54) is 18.3 Å². The molecule has 45 heavy (non-hydrogen) atoms. The molecule has 20 heteroatoms. The number of rotatable bonds is 19. The Kier molecular flexibility index (Phi) is 13.0. The second-order valence-corrected chi connectivity index (χ2v) is 9.72. The van der Waals surface area contributed by atoms with Crippen LogP contribution in [-0.2, 0) is 9.68 Å². The van der Waals surface area contributed by atoms with Crippen LogP contribution in [0.3, 0.4) is 0 Å². The zero-order valence-electron chi connectivity index (χ0n) is 25.1. The highest BCUT2D eigenvalue weighted by atomic mass is 17.1. The number of nitrogens with one attached hydrogen (secondary N) is 5. The van der Waals surface area contributed by atoms with Gasteiger partial charge in [0, 0.05) is 38.1 Å². The molecule has 0 saturated carbocycles. The number of aromatic carboxylic acids is 1. The molecule has 0 aliphatic rings. The number of aliphatic imine (C=N–C) groups is 1. The highest BCUT2D eigenvalue weighted by Gasteiger charge is 2.16. The monoisotopic (exact) mass is 628 g/mol. The molecule has 0 fully saturated rings. The van der Waals surface area contributed by atoms with Crippen molar-refractivity contribution < 1.29 is 29.9 Å². The Labute approximate surface area is 258 Å². The van der Waals surface area contributed by atoms with Crippen LogP contribution in [0.25, 0.3) is 0 Å². The molecule has 0 amide bonds. The largest absolute Gasteiger partial charge is 0.480 e. The van der Waals surface area contributed by atoms with Crippen LogP contribution in [-0.4, -0.2) is 141 Å². The molecule has 2 aromatic heterocycles. The summed E-state index contributed by atoms with van der Waals surface area (Å²) in [5.74, 6) is -1.92. The van der Waals surface area contributed by atoms with Crippen molar-refractivity contribution in [1.82, 2.24) is 39.7 Å². The SMILES string of the molecule is CN(C)CCNc1nc(NCC(=O)O)nc(Nc2ccc(Nc3nc(/N=C/COO)nc(NCCN(C)C)n3)c(C(=O)O)c2)n1. The number of likely N-dealkylation sites (N-methyl/N-ethyl adjacent to an activating group) is 2. The number of hydrogen-bond donors (Lipinski definition) is 8. The smallest absolute Gasteiger partial charge is 0.337 e. The second-order valence-electron chi connectivity index (χ2n) is 9.72. The lowest BCUT2D eigenvalue weighted by Gasteiger charge is -2.14. The third-order valence-corrected chi connectivity index (χ3v) is 5.45. The van der Waals surface area contributed by atoms with Crippen LogP contribution in [0.15, 0.2) is 23.2 Å². The van der Waals surface area contributed by atoms with Crippen LogP contribution in [0.2, 0.25) is 0 Å². The number of aliphatic carboxylic acids is 1. The number of hydrogen-bond acceptors (Lipinski definition) is 18. The summed E-state index contributed by atoms with van der Waals surface area (Å²) in [7, 11) is 7.64. The molecule has 0 aliphatic carbocycles. The summed E-state index contributed by atoms with van der Waals surface area (Å²) in [4.78, 5) is 60.7. The highest BCUT2D eigenvalue weighted by molar-refractivity contribution is 5.96. The quantitative estimate of drug-likeness (QED) is 0.0520. The minimum absolute atomic E-state index is 0.00726. The molecular weight excluding hydrogens is 592 g/mol. The molecule has 2 heterocycles. The lowest BCUT2D eigenvalue weighted by Crippen LogP contribution is -2.22. The third-order valence-electron chi connectivity index (χ3n) is 5.45. The van der Waals surface area contributed by atoms with Crippen molar-refractivity contribution in [2.45, 2.75) is 0 Å². The molecule has 3 aromatic rings. The van der Waals surface area contributed by atoms with E-state index in [9.17, 15) is 14.7 Å². The van der Waals surface area contributed by atoms with Crippen LogP contribution in [0.4, 0.5) is 47.1 Å². The Bertz CT molecular complexity index is 1470. The maximum Gasteiger partial charge on any atom is 0.337 e. The fourth-order valence-corrected chi connectivity index (χ4v) is 3.39. The number of carboxylic acid groups (broad SMARTS) is 2. The molecule has 0 spiro atoms. The van der Waals surface area contributed by atoms with E-state index in [4.69, 9.17) is 10.4 Å². The molecule has 0 aliphatic heterocycles. The number of anilines is 7. The molecule has 0 bridgehead atoms. The molecule has 20 nitrogen and oxygen atoms in total. The standard InChI is InChI=1S/C25H36N14O6/c1-38(2)10-7-26-20-32-22(28-9-12-45-44)36-25(35-20)31-17-6-5-15(13-16(17)19(42)43)30-24-34-21(27-8-11-39(3)4)33-23(37-24)29-14-18(40)41/h5-6,9,13,44H,7-8,10-12,14H2,1-4H3,(H,40,41)(H,42,43)(H2,26,31,32,35,36)(H3,27,29,30,33,34,37)/b28-9+. The molecule has 1 aromatic carbocycles. The van der Waals surface area contributed by atoms with Gasteiger partial charge < -0.3 is 46.6 Å². The van der Waals surface area contributed by atoms with E-state index in [0.717, 1.165) is 0 Å². The van der Waals surface area contributed by atoms with Crippen molar-refractivity contribution in [3.05, 3.63) is 23.8 Å². The summed E-state index contributed by atoms with van der Waals surface area (Å²) in [5, 5.41) is 42.1. The zero-order valence-corrected chi connectivity index (χ0v) is 25.1. The first-order chi connectivity index (χ1) is 21.5. The van der Waals surface area contributed by atoms with Gasteiger partial charge >= 0.3 is 11.9 Å². The maximum absolute atomic E-state index is 12.2. The Morgan fingerprint density at radius 3 is 1.96 bits per heavy atom. The summed E-state index contributed by atoms with van der Waals surface area (Å²) in [5.41, 5.74) is 0.352. The molecule has 0 saturated heterocycles. The predicted octanol–water partition coefficient (Wildman–Crippen LogP) is 0.877. The van der Waals surface area contributed by atoms with Gasteiger partial charge in [0.05, 0.1) is 11.3 Å². The lowest BCUT2D eigenvalue weighted by molar-refractivity contribution is -0.226.